The van der Waals surface area contributed by atoms with Crippen LogP contribution < -0.4 is 0 Å². The van der Waals surface area contributed by atoms with Crippen molar-refractivity contribution in [3.05, 3.63) is 72.3 Å². The zero-order valence-corrected chi connectivity index (χ0v) is 10.2. The van der Waals surface area contributed by atoms with Gasteiger partial charge in [0.05, 0.1) is 0 Å². The molecule has 0 saturated heterocycles. The van der Waals surface area contributed by atoms with Crippen molar-refractivity contribution >= 4 is 16.4 Å². The van der Waals surface area contributed by atoms with Gasteiger partial charge in [0.2, 0.25) is 0 Å². The van der Waals surface area contributed by atoms with Crippen molar-refractivity contribution in [2.24, 2.45) is 4.36 Å². The topological polar surface area (TPSA) is 63.6 Å². The highest BCUT2D eigenvalue weighted by Crippen LogP contribution is 1.99. The second kappa shape index (κ2) is 7.92. The van der Waals surface area contributed by atoms with Gasteiger partial charge in [-0.2, -0.15) is 8.42 Å². The number of rotatable bonds is 1. The quantitative estimate of drug-likeness (QED) is 0.792. The summed E-state index contributed by atoms with van der Waals surface area (Å²) in [6.07, 6.45) is 0. The summed E-state index contributed by atoms with van der Waals surface area (Å²) in [6, 6.07) is 20.0. The number of carbonyl (C=O) groups excluding carboxylic acids is 1. The molecular formula is C13H11NO3S. The molecule has 0 unspecified atom stereocenters. The maximum atomic E-state index is 10.9. The first-order chi connectivity index (χ1) is 8.70. The van der Waals surface area contributed by atoms with Crippen molar-refractivity contribution in [3.63, 3.8) is 0 Å². The van der Waals surface area contributed by atoms with Crippen molar-refractivity contribution < 1.29 is 13.2 Å². The second-order valence-electron chi connectivity index (χ2n) is 3.13. The molecule has 4 nitrogen and oxygen atoms in total. The molecule has 2 aromatic rings. The number of nitrogens with zero attached hydrogens (tertiary/aromatic N) is 1. The minimum atomic E-state index is -2.67. The molecule has 0 spiro atoms. The Bertz CT molecular complexity index is 572. The van der Waals surface area contributed by atoms with E-state index in [1.54, 1.807) is 18.2 Å². The van der Waals surface area contributed by atoms with E-state index >= 15 is 0 Å². The fourth-order valence-corrected chi connectivity index (χ4v) is 1.33. The number of carbonyl (C=O) groups is 1. The van der Waals surface area contributed by atoms with E-state index < -0.39 is 16.4 Å². The number of hydrogen-bond donors (Lipinski definition) is 0. The molecule has 1 amide bonds. The molecule has 92 valence electrons. The standard InChI is InChI=1S/C7H5NO3S.C6H6/c9-7(8-12(10)11)6-4-2-1-3-5-6;1-2-4-6-5-3-1/h1-5H;1-6H. The van der Waals surface area contributed by atoms with Gasteiger partial charge >= 0.3 is 10.5 Å². The normalized spacial score (nSPS) is 8.67. The molecule has 0 aromatic heterocycles. The van der Waals surface area contributed by atoms with E-state index in [9.17, 15) is 13.2 Å². The summed E-state index contributed by atoms with van der Waals surface area (Å²) in [4.78, 5) is 10.9. The number of hydrogen-bond acceptors (Lipinski definition) is 3. The molecule has 2 aromatic carbocycles. The first kappa shape index (κ1) is 13.8. The SMILES string of the molecule is O=C(N=S(=O)=O)c1ccccc1.c1ccccc1. The highest BCUT2D eigenvalue weighted by atomic mass is 32.2. The lowest BCUT2D eigenvalue weighted by Gasteiger charge is -1.88. The Balaban J connectivity index is 0.000000225. The molecule has 0 aliphatic rings. The van der Waals surface area contributed by atoms with Crippen LogP contribution in [0.1, 0.15) is 10.4 Å². The minimum absolute atomic E-state index is 0.265. The van der Waals surface area contributed by atoms with Crippen LogP contribution >= 0.6 is 0 Å². The van der Waals surface area contributed by atoms with Crippen LogP contribution in [0, 0.1) is 0 Å². The van der Waals surface area contributed by atoms with Crippen molar-refractivity contribution in [2.75, 3.05) is 0 Å². The van der Waals surface area contributed by atoms with Gasteiger partial charge in [-0.15, -0.1) is 0 Å². The van der Waals surface area contributed by atoms with Gasteiger partial charge < -0.3 is 0 Å². The third kappa shape index (κ3) is 5.72. The largest absolute Gasteiger partial charge is 0.319 e. The van der Waals surface area contributed by atoms with E-state index in [0.29, 0.717) is 0 Å². The molecule has 18 heavy (non-hydrogen) atoms. The van der Waals surface area contributed by atoms with Crippen LogP contribution in [-0.4, -0.2) is 14.3 Å². The zero-order valence-electron chi connectivity index (χ0n) is 9.43. The van der Waals surface area contributed by atoms with E-state index in [1.807, 2.05) is 36.4 Å². The third-order valence-corrected chi connectivity index (χ3v) is 2.16. The summed E-state index contributed by atoms with van der Waals surface area (Å²) >= 11 is 0. The lowest BCUT2D eigenvalue weighted by atomic mass is 10.2. The predicted octanol–water partition coefficient (Wildman–Crippen LogP) is 2.58. The fourth-order valence-electron chi connectivity index (χ4n) is 1.09. The Morgan fingerprint density at radius 3 is 1.56 bits per heavy atom. The molecular weight excluding hydrogens is 250 g/mol. The van der Waals surface area contributed by atoms with Crippen LogP contribution in [-0.2, 0) is 10.5 Å². The Morgan fingerprint density at radius 1 is 0.778 bits per heavy atom. The molecule has 0 radical (unpaired) electrons. The van der Waals surface area contributed by atoms with Gasteiger partial charge in [0.1, 0.15) is 0 Å². The zero-order chi connectivity index (χ0) is 13.2. The van der Waals surface area contributed by atoms with Crippen molar-refractivity contribution in [3.8, 4) is 0 Å². The smallest absolute Gasteiger partial charge is 0.266 e. The Hall–Kier alpha value is -2.27. The highest BCUT2D eigenvalue weighted by Gasteiger charge is 2.01. The molecule has 0 aliphatic heterocycles. The van der Waals surface area contributed by atoms with Crippen molar-refractivity contribution in [1.82, 2.24) is 0 Å². The van der Waals surface area contributed by atoms with Gasteiger partial charge in [-0.05, 0) is 12.1 Å². The summed E-state index contributed by atoms with van der Waals surface area (Å²) in [7, 11) is -2.67. The number of amides is 1. The lowest BCUT2D eigenvalue weighted by Crippen LogP contribution is -1.92. The highest BCUT2D eigenvalue weighted by molar-refractivity contribution is 7.62. The summed E-state index contributed by atoms with van der Waals surface area (Å²) in [5.41, 5.74) is 0.265. The number of benzene rings is 2. The van der Waals surface area contributed by atoms with Crippen LogP contribution in [0.3, 0.4) is 0 Å². The molecule has 0 fully saturated rings. The van der Waals surface area contributed by atoms with Gasteiger partial charge in [0.25, 0.3) is 5.91 Å². The van der Waals surface area contributed by atoms with Gasteiger partial charge in [0.15, 0.2) is 0 Å². The average molecular weight is 261 g/mol. The van der Waals surface area contributed by atoms with Crippen LogP contribution in [0.15, 0.2) is 71.1 Å². The first-order valence-electron chi connectivity index (χ1n) is 5.10. The van der Waals surface area contributed by atoms with Crippen LogP contribution in [0.25, 0.3) is 0 Å². The molecule has 0 N–H and O–H groups in total. The van der Waals surface area contributed by atoms with E-state index in [1.165, 1.54) is 12.1 Å². The van der Waals surface area contributed by atoms with E-state index in [2.05, 4.69) is 4.36 Å². The fraction of sp³-hybridized carbons (Fsp3) is 0. The summed E-state index contributed by atoms with van der Waals surface area (Å²) < 4.78 is 22.8. The molecule has 0 atom stereocenters. The molecule has 0 saturated carbocycles. The van der Waals surface area contributed by atoms with E-state index in [-0.39, 0.29) is 5.56 Å². The van der Waals surface area contributed by atoms with Gasteiger partial charge in [0, 0.05) is 5.56 Å². The maximum Gasteiger partial charge on any atom is 0.319 e. The Morgan fingerprint density at radius 2 is 1.17 bits per heavy atom. The Labute approximate surface area is 107 Å². The molecule has 0 heterocycles. The van der Waals surface area contributed by atoms with Gasteiger partial charge in [-0.25, -0.2) is 0 Å². The monoisotopic (exact) mass is 261 g/mol. The molecule has 2 rings (SSSR count). The van der Waals surface area contributed by atoms with Gasteiger partial charge in [-0.1, -0.05) is 59.0 Å². The lowest BCUT2D eigenvalue weighted by molar-refractivity contribution is 0.100. The van der Waals surface area contributed by atoms with Crippen molar-refractivity contribution in [2.45, 2.75) is 0 Å². The minimum Gasteiger partial charge on any atom is -0.266 e. The summed E-state index contributed by atoms with van der Waals surface area (Å²) in [6.45, 7) is 0. The second-order valence-corrected chi connectivity index (χ2v) is 3.75. The first-order valence-corrected chi connectivity index (χ1v) is 6.14. The third-order valence-electron chi connectivity index (χ3n) is 1.84. The van der Waals surface area contributed by atoms with Gasteiger partial charge in [-0.3, -0.25) is 4.79 Å². The average Bonchev–Trinajstić information content (AvgIpc) is 2.42. The summed E-state index contributed by atoms with van der Waals surface area (Å²) in [5.74, 6) is -0.746. The molecule has 5 heteroatoms. The molecule has 0 bridgehead atoms. The van der Waals surface area contributed by atoms with Crippen LogP contribution in [0.5, 0.6) is 0 Å². The maximum absolute atomic E-state index is 10.9. The summed E-state index contributed by atoms with van der Waals surface area (Å²) in [5, 5.41) is 0. The molecule has 0 aliphatic carbocycles. The van der Waals surface area contributed by atoms with E-state index in [4.69, 9.17) is 0 Å². The predicted molar refractivity (Wildman–Crippen MR) is 68.6 cm³/mol. The van der Waals surface area contributed by atoms with Crippen molar-refractivity contribution in [1.29, 1.82) is 0 Å². The van der Waals surface area contributed by atoms with Crippen LogP contribution in [0.2, 0.25) is 0 Å². The van der Waals surface area contributed by atoms with E-state index in [0.717, 1.165) is 0 Å². The van der Waals surface area contributed by atoms with Crippen LogP contribution in [0.4, 0.5) is 0 Å². The Kier molecular flexibility index (Phi) is 6.07.